The van der Waals surface area contributed by atoms with Crippen LogP contribution in [0.5, 0.6) is 0 Å². The molecule has 3 aromatic carbocycles. The Morgan fingerprint density at radius 2 is 1.00 bits per heavy atom. The van der Waals surface area contributed by atoms with Gasteiger partial charge in [-0.2, -0.15) is 0 Å². The van der Waals surface area contributed by atoms with Crippen molar-refractivity contribution in [3.63, 3.8) is 0 Å². The Morgan fingerprint density at radius 1 is 0.643 bits per heavy atom. The van der Waals surface area contributed by atoms with Gasteiger partial charge in [0.05, 0.1) is 6.42 Å². The molecule has 4 heteroatoms. The van der Waals surface area contributed by atoms with E-state index in [4.69, 9.17) is 5.73 Å². The molecule has 0 amide bonds. The largest absolute Gasteiger partial charge is 0.344 e. The molecule has 0 aromatic heterocycles. The minimum atomic E-state index is -0.0504. The second-order valence-electron chi connectivity index (χ2n) is 6.71. The minimum absolute atomic E-state index is 0. The Bertz CT molecular complexity index is 834. The van der Waals surface area contributed by atoms with Crippen molar-refractivity contribution in [1.29, 1.82) is 0 Å². The Balaban J connectivity index is 0.000000205. The Kier molecular flexibility index (Phi) is 7.81. The van der Waals surface area contributed by atoms with Crippen LogP contribution in [0.1, 0.15) is 38.3 Å². The summed E-state index contributed by atoms with van der Waals surface area (Å²) in [5, 5.41) is 0. The molecule has 0 fully saturated rings. The third kappa shape index (κ3) is 5.71. The van der Waals surface area contributed by atoms with Crippen molar-refractivity contribution >= 4 is 11.6 Å². The SMILES string of the molecule is N.NC(Cc1ccccc1)Cc1ccccc1.O=C1CC(=O)c2ccccc21. The van der Waals surface area contributed by atoms with E-state index >= 15 is 0 Å². The first-order chi connectivity index (χ1) is 13.1. The molecule has 0 atom stereocenters. The van der Waals surface area contributed by atoms with Gasteiger partial charge in [0.25, 0.3) is 0 Å². The number of benzene rings is 3. The zero-order valence-corrected chi connectivity index (χ0v) is 15.9. The summed E-state index contributed by atoms with van der Waals surface area (Å²) in [4.78, 5) is 22.1. The van der Waals surface area contributed by atoms with Crippen LogP contribution < -0.4 is 11.9 Å². The second-order valence-corrected chi connectivity index (χ2v) is 6.71. The summed E-state index contributed by atoms with van der Waals surface area (Å²) in [5.41, 5.74) is 9.92. The molecule has 28 heavy (non-hydrogen) atoms. The first kappa shape index (κ1) is 21.2. The van der Waals surface area contributed by atoms with Gasteiger partial charge in [-0.25, -0.2) is 0 Å². The van der Waals surface area contributed by atoms with E-state index in [-0.39, 0.29) is 30.2 Å². The van der Waals surface area contributed by atoms with Crippen molar-refractivity contribution in [2.45, 2.75) is 25.3 Å². The average molecular weight is 374 g/mol. The van der Waals surface area contributed by atoms with Crippen molar-refractivity contribution in [2.75, 3.05) is 0 Å². The van der Waals surface area contributed by atoms with E-state index in [9.17, 15) is 9.59 Å². The normalized spacial score (nSPS) is 12.1. The highest BCUT2D eigenvalue weighted by atomic mass is 16.2. The van der Waals surface area contributed by atoms with Gasteiger partial charge in [-0.15, -0.1) is 0 Å². The van der Waals surface area contributed by atoms with Gasteiger partial charge in [0.15, 0.2) is 11.6 Å². The Hall–Kier alpha value is -3.08. The van der Waals surface area contributed by atoms with E-state index in [0.29, 0.717) is 11.1 Å². The lowest BCUT2D eigenvalue weighted by Crippen LogP contribution is -2.25. The number of nitrogens with two attached hydrogens (primary N) is 1. The lowest BCUT2D eigenvalue weighted by Gasteiger charge is -2.11. The monoisotopic (exact) mass is 374 g/mol. The maximum absolute atomic E-state index is 11.1. The number of Topliss-reactive ketones (excluding diaryl/α,β-unsaturated/α-hetero) is 2. The lowest BCUT2D eigenvalue weighted by atomic mass is 10.00. The number of hydrogen-bond donors (Lipinski definition) is 2. The molecule has 0 saturated heterocycles. The molecule has 4 nitrogen and oxygen atoms in total. The van der Waals surface area contributed by atoms with Gasteiger partial charge in [-0.3, -0.25) is 9.59 Å². The Labute approximate surface area is 166 Å². The van der Waals surface area contributed by atoms with Gasteiger partial charge in [0.2, 0.25) is 0 Å². The van der Waals surface area contributed by atoms with Crippen molar-refractivity contribution in [2.24, 2.45) is 5.73 Å². The number of carbonyl (C=O) groups is 2. The molecule has 0 unspecified atom stereocenters. The lowest BCUT2D eigenvalue weighted by molar-refractivity contribution is 0.0923. The predicted octanol–water partition coefficient (Wildman–Crippen LogP) is 4.42. The molecule has 5 N–H and O–H groups in total. The van der Waals surface area contributed by atoms with Gasteiger partial charge in [-0.1, -0.05) is 84.9 Å². The van der Waals surface area contributed by atoms with E-state index in [1.807, 2.05) is 12.1 Å². The highest BCUT2D eigenvalue weighted by Crippen LogP contribution is 2.20. The summed E-state index contributed by atoms with van der Waals surface area (Å²) in [6.07, 6.45) is 1.94. The maximum atomic E-state index is 11.1. The topological polar surface area (TPSA) is 95.2 Å². The van der Waals surface area contributed by atoms with Gasteiger partial charge < -0.3 is 11.9 Å². The van der Waals surface area contributed by atoms with Crippen molar-refractivity contribution in [3.8, 4) is 0 Å². The molecule has 0 heterocycles. The summed E-state index contributed by atoms with van der Waals surface area (Å²) in [5.74, 6) is -0.101. The van der Waals surface area contributed by atoms with Crippen molar-refractivity contribution in [1.82, 2.24) is 6.15 Å². The van der Waals surface area contributed by atoms with Crippen molar-refractivity contribution in [3.05, 3.63) is 107 Å². The quantitative estimate of drug-likeness (QED) is 0.661. The summed E-state index contributed by atoms with van der Waals surface area (Å²) < 4.78 is 0. The van der Waals surface area contributed by atoms with E-state index in [0.717, 1.165) is 12.8 Å². The van der Waals surface area contributed by atoms with Gasteiger partial charge in [0, 0.05) is 17.2 Å². The molecule has 0 aliphatic heterocycles. The highest BCUT2D eigenvalue weighted by Gasteiger charge is 2.25. The molecule has 3 aromatic rings. The highest BCUT2D eigenvalue weighted by molar-refractivity contribution is 6.24. The van der Waals surface area contributed by atoms with Gasteiger partial charge in [-0.05, 0) is 24.0 Å². The number of fused-ring (bicyclic) bond motifs is 1. The van der Waals surface area contributed by atoms with Crippen LogP contribution in [0.15, 0.2) is 84.9 Å². The van der Waals surface area contributed by atoms with Crippen molar-refractivity contribution < 1.29 is 9.59 Å². The fraction of sp³-hybridized carbons (Fsp3) is 0.167. The van der Waals surface area contributed by atoms with Gasteiger partial charge >= 0.3 is 0 Å². The minimum Gasteiger partial charge on any atom is -0.344 e. The third-order valence-corrected chi connectivity index (χ3v) is 4.53. The van der Waals surface area contributed by atoms with Crippen LogP contribution in [-0.2, 0) is 12.8 Å². The van der Waals surface area contributed by atoms with Crippen LogP contribution in [0.25, 0.3) is 0 Å². The number of hydrogen-bond acceptors (Lipinski definition) is 4. The molecule has 0 saturated carbocycles. The first-order valence-electron chi connectivity index (χ1n) is 9.12. The van der Waals surface area contributed by atoms with Crippen LogP contribution in [0.4, 0.5) is 0 Å². The summed E-state index contributed by atoms with van der Waals surface area (Å²) in [6, 6.07) is 28.0. The summed E-state index contributed by atoms with van der Waals surface area (Å²) in [6.45, 7) is 0. The standard InChI is InChI=1S/C15H17N.C9H6O2.H3N/c16-15(11-13-7-3-1-4-8-13)12-14-9-5-2-6-10-14;10-8-5-9(11)7-4-2-1-3-6(7)8;/h1-10,15H,11-12,16H2;1-4H,5H2;1H3. The van der Waals surface area contributed by atoms with Crippen LogP contribution in [0.2, 0.25) is 0 Å². The molecular formula is C24H26N2O2. The number of ketones is 2. The first-order valence-corrected chi connectivity index (χ1v) is 9.12. The van der Waals surface area contributed by atoms with Gasteiger partial charge in [0.1, 0.15) is 0 Å². The van der Waals surface area contributed by atoms with Crippen LogP contribution in [0.3, 0.4) is 0 Å². The smallest absolute Gasteiger partial charge is 0.171 e. The molecule has 1 aliphatic rings. The summed E-state index contributed by atoms with van der Waals surface area (Å²) in [7, 11) is 0. The molecule has 0 bridgehead atoms. The molecule has 1 aliphatic carbocycles. The van der Waals surface area contributed by atoms with Crippen LogP contribution in [-0.4, -0.2) is 17.6 Å². The zero-order chi connectivity index (χ0) is 19.1. The second kappa shape index (κ2) is 10.3. The predicted molar refractivity (Wildman–Crippen MR) is 113 cm³/mol. The molecular weight excluding hydrogens is 348 g/mol. The fourth-order valence-corrected chi connectivity index (χ4v) is 3.21. The van der Waals surface area contributed by atoms with E-state index in [1.54, 1.807) is 24.3 Å². The van der Waals surface area contributed by atoms with E-state index < -0.39 is 0 Å². The Morgan fingerprint density at radius 3 is 1.39 bits per heavy atom. The van der Waals surface area contributed by atoms with Crippen LogP contribution >= 0.6 is 0 Å². The number of carbonyl (C=O) groups excluding carboxylic acids is 2. The fourth-order valence-electron chi connectivity index (χ4n) is 3.21. The average Bonchev–Trinajstić information content (AvgIpc) is 2.98. The zero-order valence-electron chi connectivity index (χ0n) is 15.9. The molecule has 144 valence electrons. The molecule has 0 radical (unpaired) electrons. The summed E-state index contributed by atoms with van der Waals surface area (Å²) >= 11 is 0. The van der Waals surface area contributed by atoms with E-state index in [1.165, 1.54) is 11.1 Å². The maximum Gasteiger partial charge on any atom is 0.171 e. The molecule has 4 rings (SSSR count). The van der Waals surface area contributed by atoms with E-state index in [2.05, 4.69) is 48.5 Å². The number of rotatable bonds is 4. The van der Waals surface area contributed by atoms with Crippen LogP contribution in [0, 0.1) is 0 Å². The molecule has 0 spiro atoms. The third-order valence-electron chi connectivity index (χ3n) is 4.53.